The van der Waals surface area contributed by atoms with Crippen LogP contribution in [0.25, 0.3) is 22.2 Å². The van der Waals surface area contributed by atoms with Gasteiger partial charge in [0.25, 0.3) is 0 Å². The van der Waals surface area contributed by atoms with Crippen LogP contribution in [-0.4, -0.2) is 23.3 Å². The van der Waals surface area contributed by atoms with Crippen LogP contribution in [0.1, 0.15) is 69.0 Å². The molecule has 0 N–H and O–H groups in total. The zero-order chi connectivity index (χ0) is 22.9. The number of hydrogen-bond donors (Lipinski definition) is 0. The molecule has 2 aliphatic rings. The summed E-state index contributed by atoms with van der Waals surface area (Å²) in [5.41, 5.74) is 5.90. The first-order valence-corrected chi connectivity index (χ1v) is 12.2. The van der Waals surface area contributed by atoms with Crippen LogP contribution < -0.4 is 4.90 Å². The maximum Gasteiger partial charge on any atom is 0.414 e. The Morgan fingerprint density at radius 2 is 1.82 bits per heavy atom. The van der Waals surface area contributed by atoms with E-state index < -0.39 is 0 Å². The maximum absolute atomic E-state index is 12.8. The molecule has 1 amide bonds. The van der Waals surface area contributed by atoms with Crippen LogP contribution in [0.3, 0.4) is 0 Å². The van der Waals surface area contributed by atoms with Crippen molar-refractivity contribution >= 4 is 22.7 Å². The van der Waals surface area contributed by atoms with Crippen molar-refractivity contribution in [1.29, 1.82) is 5.26 Å². The van der Waals surface area contributed by atoms with Crippen LogP contribution >= 0.6 is 0 Å². The van der Waals surface area contributed by atoms with Crippen molar-refractivity contribution in [1.82, 2.24) is 4.57 Å². The second kappa shape index (κ2) is 8.94. The zero-order valence-electron chi connectivity index (χ0n) is 19.5. The summed E-state index contributed by atoms with van der Waals surface area (Å²) >= 11 is 0. The molecule has 0 radical (unpaired) electrons. The molecule has 33 heavy (non-hydrogen) atoms. The number of nitrogens with zero attached hydrogens (tertiary/aromatic N) is 3. The molecule has 170 valence electrons. The molecule has 2 fully saturated rings. The Bertz CT molecular complexity index is 1210. The Morgan fingerprint density at radius 3 is 2.42 bits per heavy atom. The topological polar surface area (TPSA) is 58.3 Å². The van der Waals surface area contributed by atoms with Gasteiger partial charge in [0.2, 0.25) is 0 Å². The first-order valence-electron chi connectivity index (χ1n) is 12.2. The van der Waals surface area contributed by atoms with Gasteiger partial charge in [-0.2, -0.15) is 5.26 Å². The van der Waals surface area contributed by atoms with Crippen LogP contribution in [-0.2, 0) is 4.74 Å². The maximum atomic E-state index is 12.8. The third-order valence-electron chi connectivity index (χ3n) is 7.27. The van der Waals surface area contributed by atoms with Gasteiger partial charge < -0.3 is 9.30 Å². The number of benzene rings is 2. The number of fused-ring (bicyclic) bond motifs is 1. The molecular formula is C28H31N3O2. The molecule has 0 bridgehead atoms. The van der Waals surface area contributed by atoms with Gasteiger partial charge >= 0.3 is 6.09 Å². The minimum atomic E-state index is -0.270. The Labute approximate surface area is 195 Å². The SMILES string of the molecule is CCN(C(=O)OC1CCCC1)c1ccc(-c2c(C#N)c3ccc(C)cc3n2C2CCC2)cc1. The monoisotopic (exact) mass is 441 g/mol. The van der Waals surface area contributed by atoms with Gasteiger partial charge in [-0.15, -0.1) is 0 Å². The zero-order valence-corrected chi connectivity index (χ0v) is 19.5. The normalized spacial score (nSPS) is 16.5. The number of amides is 1. The molecule has 0 atom stereocenters. The predicted molar refractivity (Wildman–Crippen MR) is 131 cm³/mol. The van der Waals surface area contributed by atoms with Gasteiger partial charge in [-0.25, -0.2) is 4.79 Å². The van der Waals surface area contributed by atoms with E-state index in [2.05, 4.69) is 35.8 Å². The number of ether oxygens (including phenoxy) is 1. The van der Waals surface area contributed by atoms with E-state index >= 15 is 0 Å². The van der Waals surface area contributed by atoms with E-state index in [0.717, 1.165) is 71.9 Å². The largest absolute Gasteiger partial charge is 0.446 e. The lowest BCUT2D eigenvalue weighted by molar-refractivity contribution is 0.108. The minimum absolute atomic E-state index is 0.0469. The fourth-order valence-corrected chi connectivity index (χ4v) is 5.27. The van der Waals surface area contributed by atoms with Crippen molar-refractivity contribution in [3.8, 4) is 17.3 Å². The average molecular weight is 442 g/mol. The summed E-state index contributed by atoms with van der Waals surface area (Å²) in [5, 5.41) is 11.1. The van der Waals surface area contributed by atoms with Crippen LogP contribution in [0, 0.1) is 18.3 Å². The molecule has 1 aromatic heterocycles. The fourth-order valence-electron chi connectivity index (χ4n) is 5.27. The molecule has 5 nitrogen and oxygen atoms in total. The van der Waals surface area contributed by atoms with E-state index in [1.54, 1.807) is 4.90 Å². The molecular weight excluding hydrogens is 410 g/mol. The van der Waals surface area contributed by atoms with E-state index in [0.29, 0.717) is 12.6 Å². The number of rotatable bonds is 5. The predicted octanol–water partition coefficient (Wildman–Crippen LogP) is 7.12. The first kappa shape index (κ1) is 21.6. The second-order valence-electron chi connectivity index (χ2n) is 9.39. The summed E-state index contributed by atoms with van der Waals surface area (Å²) in [5.74, 6) is 0. The molecule has 0 aliphatic heterocycles. The van der Waals surface area contributed by atoms with Gasteiger partial charge in [-0.05, 0) is 88.1 Å². The summed E-state index contributed by atoms with van der Waals surface area (Å²) in [6, 6.07) is 17.3. The van der Waals surface area contributed by atoms with Gasteiger partial charge in [0, 0.05) is 23.7 Å². The Hall–Kier alpha value is -3.26. The lowest BCUT2D eigenvalue weighted by Crippen LogP contribution is -2.33. The highest BCUT2D eigenvalue weighted by Crippen LogP contribution is 2.43. The summed E-state index contributed by atoms with van der Waals surface area (Å²) in [4.78, 5) is 14.5. The quantitative estimate of drug-likeness (QED) is 0.423. The highest BCUT2D eigenvalue weighted by Gasteiger charge is 2.28. The third kappa shape index (κ3) is 3.88. The van der Waals surface area contributed by atoms with E-state index in [4.69, 9.17) is 4.74 Å². The van der Waals surface area contributed by atoms with E-state index in [1.165, 1.54) is 12.0 Å². The number of anilines is 1. The number of carbonyl (C=O) groups is 1. The van der Waals surface area contributed by atoms with Gasteiger partial charge in [-0.3, -0.25) is 4.90 Å². The fraction of sp³-hybridized carbons (Fsp3) is 0.429. The Kier molecular flexibility index (Phi) is 5.85. The number of carbonyl (C=O) groups excluding carboxylic acids is 1. The lowest BCUT2D eigenvalue weighted by Gasteiger charge is -2.30. The van der Waals surface area contributed by atoms with E-state index in [1.807, 2.05) is 31.2 Å². The van der Waals surface area contributed by atoms with E-state index in [9.17, 15) is 10.1 Å². The van der Waals surface area contributed by atoms with Crippen molar-refractivity contribution in [2.24, 2.45) is 0 Å². The summed E-state index contributed by atoms with van der Waals surface area (Å²) in [7, 11) is 0. The molecule has 0 saturated heterocycles. The van der Waals surface area contributed by atoms with Crippen LogP contribution in [0.4, 0.5) is 10.5 Å². The Morgan fingerprint density at radius 1 is 1.09 bits per heavy atom. The van der Waals surface area contributed by atoms with Gasteiger partial charge in [0.05, 0.1) is 16.8 Å². The summed E-state index contributed by atoms with van der Waals surface area (Å²) in [6.45, 7) is 4.62. The van der Waals surface area contributed by atoms with Crippen LogP contribution in [0.5, 0.6) is 0 Å². The van der Waals surface area contributed by atoms with Crippen molar-refractivity contribution in [2.45, 2.75) is 70.9 Å². The molecule has 5 rings (SSSR count). The second-order valence-corrected chi connectivity index (χ2v) is 9.39. The van der Waals surface area contributed by atoms with Crippen molar-refractivity contribution in [3.05, 3.63) is 53.6 Å². The smallest absolute Gasteiger partial charge is 0.414 e. The van der Waals surface area contributed by atoms with Crippen molar-refractivity contribution < 1.29 is 9.53 Å². The third-order valence-corrected chi connectivity index (χ3v) is 7.27. The Balaban J connectivity index is 1.52. The minimum Gasteiger partial charge on any atom is -0.446 e. The van der Waals surface area contributed by atoms with Gasteiger partial charge in [-0.1, -0.05) is 24.3 Å². The summed E-state index contributed by atoms with van der Waals surface area (Å²) < 4.78 is 8.11. The molecule has 0 unspecified atom stereocenters. The molecule has 1 heterocycles. The molecule has 2 aromatic carbocycles. The lowest BCUT2D eigenvalue weighted by atomic mass is 9.92. The molecule has 2 aliphatic carbocycles. The van der Waals surface area contributed by atoms with Crippen molar-refractivity contribution in [3.63, 3.8) is 0 Å². The van der Waals surface area contributed by atoms with Crippen LogP contribution in [0.15, 0.2) is 42.5 Å². The molecule has 2 saturated carbocycles. The molecule has 0 spiro atoms. The first-order chi connectivity index (χ1) is 16.1. The number of hydrogen-bond acceptors (Lipinski definition) is 3. The standard InChI is InChI=1S/C28H31N3O2/c1-3-30(28(32)33-23-9-4-5-10-23)21-14-12-20(13-15-21)27-25(18-29)24-16-11-19(2)17-26(24)31(27)22-7-6-8-22/h11-17,22-23H,3-10H2,1-2H3. The number of aryl methyl sites for hydroxylation is 1. The van der Waals surface area contributed by atoms with Gasteiger partial charge in [0.1, 0.15) is 12.2 Å². The molecule has 5 heteroatoms. The highest BCUT2D eigenvalue weighted by molar-refractivity contribution is 5.95. The molecule has 3 aromatic rings. The van der Waals surface area contributed by atoms with E-state index in [-0.39, 0.29) is 12.2 Å². The van der Waals surface area contributed by atoms with Gasteiger partial charge in [0.15, 0.2) is 0 Å². The number of nitriles is 1. The average Bonchev–Trinajstić information content (AvgIpc) is 3.39. The highest BCUT2D eigenvalue weighted by atomic mass is 16.6. The summed E-state index contributed by atoms with van der Waals surface area (Å²) in [6.07, 6.45) is 7.48. The van der Waals surface area contributed by atoms with Crippen molar-refractivity contribution in [2.75, 3.05) is 11.4 Å². The number of aromatic nitrogens is 1. The van der Waals surface area contributed by atoms with Crippen LogP contribution in [0.2, 0.25) is 0 Å².